The topological polar surface area (TPSA) is 71.5 Å². The van der Waals surface area contributed by atoms with Crippen LogP contribution in [0.1, 0.15) is 40.1 Å². The van der Waals surface area contributed by atoms with Crippen LogP contribution in [-0.4, -0.2) is 41.9 Å². The zero-order chi connectivity index (χ0) is 17.6. The summed E-state index contributed by atoms with van der Waals surface area (Å²) in [5, 5.41) is 2.77. The molecular weight excluding hydrogens is 318 g/mol. The largest absolute Gasteiger partial charge is 0.495 e. The Morgan fingerprint density at radius 3 is 2.64 bits per heavy atom. The van der Waals surface area contributed by atoms with E-state index < -0.39 is 0 Å². The molecule has 1 aliphatic heterocycles. The maximum Gasteiger partial charge on any atom is 0.274 e. The van der Waals surface area contributed by atoms with Gasteiger partial charge in [0, 0.05) is 24.8 Å². The average molecular weight is 339 g/mol. The number of methoxy groups -OCH3 is 1. The number of piperidine rings is 1. The number of benzene rings is 1. The van der Waals surface area contributed by atoms with E-state index in [2.05, 4.69) is 10.3 Å². The maximum absolute atomic E-state index is 12.6. The minimum Gasteiger partial charge on any atom is -0.495 e. The number of ether oxygens (including phenoxy) is 1. The van der Waals surface area contributed by atoms with Crippen LogP contribution in [0.15, 0.2) is 42.6 Å². The van der Waals surface area contributed by atoms with Crippen molar-refractivity contribution in [3.8, 4) is 5.75 Å². The number of pyridine rings is 1. The Bertz CT molecular complexity index is 770. The third-order valence-electron chi connectivity index (χ3n) is 4.24. The Balaban J connectivity index is 1.76. The number of likely N-dealkylation sites (tertiary alicyclic amines) is 1. The Kier molecular flexibility index (Phi) is 5.28. The number of anilines is 1. The second-order valence-electron chi connectivity index (χ2n) is 5.94. The lowest BCUT2D eigenvalue weighted by Gasteiger charge is -2.26. The fourth-order valence-corrected chi connectivity index (χ4v) is 2.90. The third kappa shape index (κ3) is 3.96. The minimum absolute atomic E-state index is 0.0477. The van der Waals surface area contributed by atoms with E-state index in [1.54, 1.807) is 31.4 Å². The number of aromatic nitrogens is 1. The predicted octanol–water partition coefficient (Wildman–Crippen LogP) is 2.97. The highest BCUT2D eigenvalue weighted by atomic mass is 16.5. The van der Waals surface area contributed by atoms with Crippen LogP contribution in [0.3, 0.4) is 0 Å². The molecular formula is C19H21N3O3. The van der Waals surface area contributed by atoms with Crippen LogP contribution in [0.4, 0.5) is 5.69 Å². The molecule has 1 aromatic carbocycles. The van der Waals surface area contributed by atoms with Crippen molar-refractivity contribution in [2.45, 2.75) is 19.3 Å². The van der Waals surface area contributed by atoms with Crippen LogP contribution in [0.2, 0.25) is 0 Å². The summed E-state index contributed by atoms with van der Waals surface area (Å²) in [5.74, 6) is 0.141. The summed E-state index contributed by atoms with van der Waals surface area (Å²) in [5.41, 5.74) is 1.25. The van der Waals surface area contributed by atoms with E-state index in [4.69, 9.17) is 4.74 Å². The van der Waals surface area contributed by atoms with Crippen molar-refractivity contribution in [1.82, 2.24) is 9.88 Å². The zero-order valence-corrected chi connectivity index (χ0v) is 14.2. The number of carbonyl (C=O) groups excluding carboxylic acids is 2. The van der Waals surface area contributed by atoms with Crippen LogP contribution >= 0.6 is 0 Å². The van der Waals surface area contributed by atoms with Crippen molar-refractivity contribution in [2.24, 2.45) is 0 Å². The highest BCUT2D eigenvalue weighted by Gasteiger charge is 2.20. The van der Waals surface area contributed by atoms with Crippen molar-refractivity contribution < 1.29 is 14.3 Å². The molecule has 0 aliphatic carbocycles. The first-order valence-electron chi connectivity index (χ1n) is 8.39. The van der Waals surface area contributed by atoms with Crippen molar-refractivity contribution >= 4 is 17.5 Å². The zero-order valence-electron chi connectivity index (χ0n) is 14.2. The molecule has 25 heavy (non-hydrogen) atoms. The van der Waals surface area contributed by atoms with E-state index in [0.717, 1.165) is 32.4 Å². The number of para-hydroxylation sites is 2. The average Bonchev–Trinajstić information content (AvgIpc) is 2.68. The van der Waals surface area contributed by atoms with E-state index in [0.29, 0.717) is 17.0 Å². The van der Waals surface area contributed by atoms with Crippen molar-refractivity contribution in [2.75, 3.05) is 25.5 Å². The highest BCUT2D eigenvalue weighted by molar-refractivity contribution is 6.05. The quantitative estimate of drug-likeness (QED) is 0.929. The lowest BCUT2D eigenvalue weighted by molar-refractivity contribution is 0.0724. The third-order valence-corrected chi connectivity index (χ3v) is 4.24. The van der Waals surface area contributed by atoms with Gasteiger partial charge in [-0.1, -0.05) is 12.1 Å². The molecule has 0 bridgehead atoms. The SMILES string of the molecule is COc1ccccc1NC(=O)c1cc(C(=O)N2CCCCC2)ccn1. The number of hydrogen-bond donors (Lipinski definition) is 1. The summed E-state index contributed by atoms with van der Waals surface area (Å²) < 4.78 is 5.23. The first-order chi connectivity index (χ1) is 12.2. The molecule has 2 aromatic rings. The lowest BCUT2D eigenvalue weighted by Crippen LogP contribution is -2.35. The van der Waals surface area contributed by atoms with Gasteiger partial charge in [-0.15, -0.1) is 0 Å². The molecule has 6 heteroatoms. The van der Waals surface area contributed by atoms with Crippen molar-refractivity contribution in [3.63, 3.8) is 0 Å². The van der Waals surface area contributed by atoms with E-state index in [9.17, 15) is 9.59 Å². The van der Waals surface area contributed by atoms with Gasteiger partial charge >= 0.3 is 0 Å². The molecule has 130 valence electrons. The van der Waals surface area contributed by atoms with E-state index >= 15 is 0 Å². The van der Waals surface area contributed by atoms with E-state index in [1.807, 2.05) is 17.0 Å². The van der Waals surface area contributed by atoms with Crippen LogP contribution in [-0.2, 0) is 0 Å². The smallest absolute Gasteiger partial charge is 0.274 e. The molecule has 1 saturated heterocycles. The number of rotatable bonds is 4. The molecule has 2 amide bonds. The molecule has 3 rings (SSSR count). The van der Waals surface area contributed by atoms with Gasteiger partial charge in [0.05, 0.1) is 12.8 Å². The Hall–Kier alpha value is -2.89. The van der Waals surface area contributed by atoms with Crippen molar-refractivity contribution in [1.29, 1.82) is 0 Å². The second-order valence-corrected chi connectivity index (χ2v) is 5.94. The summed E-state index contributed by atoms with van der Waals surface area (Å²) >= 11 is 0. The highest BCUT2D eigenvalue weighted by Crippen LogP contribution is 2.23. The summed E-state index contributed by atoms with van der Waals surface area (Å²) in [6, 6.07) is 10.3. The van der Waals surface area contributed by atoms with E-state index in [1.165, 1.54) is 6.20 Å². The van der Waals surface area contributed by atoms with Gasteiger partial charge in [-0.3, -0.25) is 14.6 Å². The summed E-state index contributed by atoms with van der Waals surface area (Å²) in [7, 11) is 1.54. The molecule has 0 unspecified atom stereocenters. The first-order valence-corrected chi connectivity index (χ1v) is 8.39. The Morgan fingerprint density at radius 1 is 1.12 bits per heavy atom. The van der Waals surface area contributed by atoms with Crippen molar-refractivity contribution in [3.05, 3.63) is 53.9 Å². The Morgan fingerprint density at radius 2 is 1.88 bits per heavy atom. The van der Waals surface area contributed by atoms with Crippen LogP contribution in [0.25, 0.3) is 0 Å². The van der Waals surface area contributed by atoms with Crippen LogP contribution < -0.4 is 10.1 Å². The Labute approximate surface area is 146 Å². The lowest BCUT2D eigenvalue weighted by atomic mass is 10.1. The normalized spacial score (nSPS) is 14.0. The van der Waals surface area contributed by atoms with Gasteiger partial charge in [0.15, 0.2) is 0 Å². The molecule has 1 N–H and O–H groups in total. The standard InChI is InChI=1S/C19H21N3O3/c1-25-17-8-4-3-7-15(17)21-18(23)16-13-14(9-10-20-16)19(24)22-11-5-2-6-12-22/h3-4,7-10,13H,2,5-6,11-12H2,1H3,(H,21,23). The van der Waals surface area contributed by atoms with Gasteiger partial charge in [0.1, 0.15) is 11.4 Å². The number of amides is 2. The molecule has 1 aromatic heterocycles. The van der Waals surface area contributed by atoms with Crippen LogP contribution in [0.5, 0.6) is 5.75 Å². The number of nitrogens with one attached hydrogen (secondary N) is 1. The molecule has 0 atom stereocenters. The first kappa shape index (κ1) is 17.0. The molecule has 1 aliphatic rings. The fraction of sp³-hybridized carbons (Fsp3) is 0.316. The molecule has 0 radical (unpaired) electrons. The van der Waals surface area contributed by atoms with Gasteiger partial charge in [-0.05, 0) is 43.5 Å². The van der Waals surface area contributed by atoms with Gasteiger partial charge in [0.2, 0.25) is 0 Å². The fourth-order valence-electron chi connectivity index (χ4n) is 2.90. The van der Waals surface area contributed by atoms with Gasteiger partial charge in [-0.2, -0.15) is 0 Å². The second kappa shape index (κ2) is 7.79. The van der Waals surface area contributed by atoms with Crippen LogP contribution in [0, 0.1) is 0 Å². The minimum atomic E-state index is -0.377. The monoisotopic (exact) mass is 339 g/mol. The van der Waals surface area contributed by atoms with Gasteiger partial charge < -0.3 is 15.0 Å². The summed E-state index contributed by atoms with van der Waals surface area (Å²) in [6.07, 6.45) is 4.71. The number of nitrogens with zero attached hydrogens (tertiary/aromatic N) is 2. The molecule has 0 saturated carbocycles. The summed E-state index contributed by atoms with van der Waals surface area (Å²) in [6.45, 7) is 1.54. The molecule has 1 fully saturated rings. The molecule has 0 spiro atoms. The molecule has 2 heterocycles. The van der Waals surface area contributed by atoms with Gasteiger partial charge in [0.25, 0.3) is 11.8 Å². The number of hydrogen-bond acceptors (Lipinski definition) is 4. The predicted molar refractivity (Wildman–Crippen MR) is 94.9 cm³/mol. The number of carbonyl (C=O) groups is 2. The van der Waals surface area contributed by atoms with Gasteiger partial charge in [-0.25, -0.2) is 0 Å². The summed E-state index contributed by atoms with van der Waals surface area (Å²) in [4.78, 5) is 31.0. The maximum atomic E-state index is 12.6. The van der Waals surface area contributed by atoms with E-state index in [-0.39, 0.29) is 17.5 Å². The molecule has 6 nitrogen and oxygen atoms in total.